The Bertz CT molecular complexity index is 817. The van der Waals surface area contributed by atoms with Crippen molar-refractivity contribution >= 4 is 17.2 Å². The first-order valence-corrected chi connectivity index (χ1v) is 10.6. The van der Waals surface area contributed by atoms with Crippen LogP contribution in [0, 0.1) is 0 Å². The van der Waals surface area contributed by atoms with E-state index < -0.39 is 0 Å². The number of hydrogen-bond acceptors (Lipinski definition) is 5. The molecule has 150 valence electrons. The van der Waals surface area contributed by atoms with Gasteiger partial charge in [-0.2, -0.15) is 0 Å². The number of aromatic nitrogens is 1. The minimum absolute atomic E-state index is 0.0305. The molecular formula is C22H29N3O2S. The number of ether oxygens (including phenoxy) is 1. The van der Waals surface area contributed by atoms with Gasteiger partial charge in [0.25, 0.3) is 5.91 Å². The molecule has 6 heteroatoms. The summed E-state index contributed by atoms with van der Waals surface area (Å²) in [6.45, 7) is 14.6. The van der Waals surface area contributed by atoms with Gasteiger partial charge < -0.3 is 9.64 Å². The number of carbonyl (C=O) groups excluding carboxylic acids is 1. The minimum Gasteiger partial charge on any atom is -0.489 e. The summed E-state index contributed by atoms with van der Waals surface area (Å²) in [6, 6.07) is 7.42. The fourth-order valence-electron chi connectivity index (χ4n) is 3.15. The maximum atomic E-state index is 13.0. The predicted molar refractivity (Wildman–Crippen MR) is 114 cm³/mol. The summed E-state index contributed by atoms with van der Waals surface area (Å²) in [7, 11) is 0. The second-order valence-electron chi connectivity index (χ2n) is 8.06. The SMILES string of the molecule is C=CCOc1ccccc1C(=O)N1CCN(Cc2csc(C(C)(C)C)n2)CC1. The normalized spacial score (nSPS) is 15.5. The van der Waals surface area contributed by atoms with Crippen LogP contribution >= 0.6 is 11.3 Å². The first kappa shape index (κ1) is 20.6. The molecule has 1 amide bonds. The summed E-state index contributed by atoms with van der Waals surface area (Å²) in [5, 5.41) is 3.33. The Morgan fingerprint density at radius 3 is 2.61 bits per heavy atom. The van der Waals surface area contributed by atoms with Gasteiger partial charge in [0.05, 0.1) is 16.3 Å². The van der Waals surface area contributed by atoms with E-state index >= 15 is 0 Å². The maximum absolute atomic E-state index is 13.0. The molecule has 1 aromatic carbocycles. The van der Waals surface area contributed by atoms with Crippen molar-refractivity contribution in [2.24, 2.45) is 0 Å². The van der Waals surface area contributed by atoms with Crippen molar-refractivity contribution in [1.82, 2.24) is 14.8 Å². The first-order valence-electron chi connectivity index (χ1n) is 9.67. The van der Waals surface area contributed by atoms with Gasteiger partial charge in [-0.25, -0.2) is 4.98 Å². The van der Waals surface area contributed by atoms with Gasteiger partial charge in [0, 0.05) is 43.5 Å². The third-order valence-electron chi connectivity index (χ3n) is 4.71. The van der Waals surface area contributed by atoms with E-state index in [1.165, 1.54) is 5.01 Å². The van der Waals surface area contributed by atoms with Gasteiger partial charge >= 0.3 is 0 Å². The van der Waals surface area contributed by atoms with E-state index in [0.29, 0.717) is 31.0 Å². The Morgan fingerprint density at radius 1 is 1.25 bits per heavy atom. The fourth-order valence-corrected chi connectivity index (χ4v) is 4.05. The van der Waals surface area contributed by atoms with Crippen molar-refractivity contribution in [3.63, 3.8) is 0 Å². The van der Waals surface area contributed by atoms with E-state index in [9.17, 15) is 4.79 Å². The van der Waals surface area contributed by atoms with Crippen LogP contribution in [0.3, 0.4) is 0 Å². The van der Waals surface area contributed by atoms with E-state index in [1.807, 2.05) is 29.2 Å². The summed E-state index contributed by atoms with van der Waals surface area (Å²) < 4.78 is 5.65. The van der Waals surface area contributed by atoms with Gasteiger partial charge in [-0.15, -0.1) is 11.3 Å². The molecule has 2 heterocycles. The highest BCUT2D eigenvalue weighted by atomic mass is 32.1. The van der Waals surface area contributed by atoms with Crippen LogP contribution in [0.5, 0.6) is 5.75 Å². The number of nitrogens with zero attached hydrogens (tertiary/aromatic N) is 3. The Kier molecular flexibility index (Phi) is 6.52. The van der Waals surface area contributed by atoms with Crippen LogP contribution in [-0.2, 0) is 12.0 Å². The lowest BCUT2D eigenvalue weighted by Gasteiger charge is -2.34. The standard InChI is InChI=1S/C22H29N3O2S/c1-5-14-27-19-9-7-6-8-18(19)20(26)25-12-10-24(11-13-25)15-17-16-28-21(23-17)22(2,3)4/h5-9,16H,1,10-15H2,2-4H3. The largest absolute Gasteiger partial charge is 0.489 e. The van der Waals surface area contributed by atoms with E-state index in [0.717, 1.165) is 25.3 Å². The lowest BCUT2D eigenvalue weighted by molar-refractivity contribution is 0.0623. The van der Waals surface area contributed by atoms with E-state index in [-0.39, 0.29) is 11.3 Å². The maximum Gasteiger partial charge on any atom is 0.257 e. The third kappa shape index (κ3) is 5.00. The second-order valence-corrected chi connectivity index (χ2v) is 8.92. The van der Waals surface area contributed by atoms with Crippen LogP contribution in [0.15, 0.2) is 42.3 Å². The highest BCUT2D eigenvalue weighted by molar-refractivity contribution is 7.09. The summed E-state index contributed by atoms with van der Waals surface area (Å²) >= 11 is 1.73. The minimum atomic E-state index is 0.0305. The first-order chi connectivity index (χ1) is 13.4. The zero-order valence-corrected chi connectivity index (χ0v) is 17.8. The summed E-state index contributed by atoms with van der Waals surface area (Å²) in [4.78, 5) is 22.0. The predicted octanol–water partition coefficient (Wildman–Crippen LogP) is 3.96. The zero-order valence-electron chi connectivity index (χ0n) is 17.0. The molecule has 0 bridgehead atoms. The topological polar surface area (TPSA) is 45.7 Å². The van der Waals surface area contributed by atoms with Crippen LogP contribution in [0.25, 0.3) is 0 Å². The molecule has 0 unspecified atom stereocenters. The van der Waals surface area contributed by atoms with Crippen molar-refractivity contribution in [3.8, 4) is 5.75 Å². The highest BCUT2D eigenvalue weighted by Gasteiger charge is 2.25. The Balaban J connectivity index is 1.57. The quantitative estimate of drug-likeness (QED) is 0.690. The molecule has 1 fully saturated rings. The van der Waals surface area contributed by atoms with Crippen molar-refractivity contribution < 1.29 is 9.53 Å². The monoisotopic (exact) mass is 399 g/mol. The molecule has 0 N–H and O–H groups in total. The number of rotatable bonds is 6. The molecule has 1 aromatic heterocycles. The summed E-state index contributed by atoms with van der Waals surface area (Å²) in [5.74, 6) is 0.648. The lowest BCUT2D eigenvalue weighted by Crippen LogP contribution is -2.48. The molecule has 0 radical (unpaired) electrons. The van der Waals surface area contributed by atoms with Crippen molar-refractivity contribution in [3.05, 3.63) is 58.6 Å². The van der Waals surface area contributed by atoms with E-state index in [4.69, 9.17) is 9.72 Å². The summed E-state index contributed by atoms with van der Waals surface area (Å²) in [6.07, 6.45) is 1.68. The third-order valence-corrected chi connectivity index (χ3v) is 6.03. The number of carbonyl (C=O) groups is 1. The fraction of sp³-hybridized carbons (Fsp3) is 0.455. The molecule has 5 nitrogen and oxygen atoms in total. The smallest absolute Gasteiger partial charge is 0.257 e. The molecule has 0 saturated carbocycles. The van der Waals surface area contributed by atoms with E-state index in [2.05, 4.69) is 37.6 Å². The highest BCUT2D eigenvalue weighted by Crippen LogP contribution is 2.26. The number of hydrogen-bond donors (Lipinski definition) is 0. The van der Waals surface area contributed by atoms with Crippen LogP contribution in [0.2, 0.25) is 0 Å². The van der Waals surface area contributed by atoms with Gasteiger partial charge in [0.1, 0.15) is 12.4 Å². The average molecular weight is 400 g/mol. The van der Waals surface area contributed by atoms with Crippen molar-refractivity contribution in [1.29, 1.82) is 0 Å². The van der Waals surface area contributed by atoms with Crippen LogP contribution in [-0.4, -0.2) is 53.5 Å². The van der Waals surface area contributed by atoms with Crippen LogP contribution < -0.4 is 4.74 Å². The van der Waals surface area contributed by atoms with Gasteiger partial charge in [-0.05, 0) is 12.1 Å². The number of piperazine rings is 1. The van der Waals surface area contributed by atoms with Gasteiger partial charge in [-0.3, -0.25) is 9.69 Å². The number of thiazole rings is 1. The Hall–Kier alpha value is -2.18. The molecule has 1 aliphatic heterocycles. The molecular weight excluding hydrogens is 370 g/mol. The van der Waals surface area contributed by atoms with Gasteiger partial charge in [0.2, 0.25) is 0 Å². The molecule has 0 atom stereocenters. The number of para-hydroxylation sites is 1. The Morgan fingerprint density at radius 2 is 1.96 bits per heavy atom. The van der Waals surface area contributed by atoms with Crippen LogP contribution in [0.4, 0.5) is 0 Å². The van der Waals surface area contributed by atoms with Crippen LogP contribution in [0.1, 0.15) is 41.8 Å². The Labute approximate surface area is 171 Å². The number of amides is 1. The molecule has 2 aromatic rings. The number of benzene rings is 1. The van der Waals surface area contributed by atoms with Gasteiger partial charge in [0.15, 0.2) is 0 Å². The van der Waals surface area contributed by atoms with Gasteiger partial charge in [-0.1, -0.05) is 45.6 Å². The second kappa shape index (κ2) is 8.88. The molecule has 0 spiro atoms. The molecule has 0 aliphatic carbocycles. The van der Waals surface area contributed by atoms with Crippen molar-refractivity contribution in [2.75, 3.05) is 32.8 Å². The zero-order chi connectivity index (χ0) is 20.1. The molecule has 1 aliphatic rings. The molecule has 28 heavy (non-hydrogen) atoms. The summed E-state index contributed by atoms with van der Waals surface area (Å²) in [5.41, 5.74) is 1.83. The molecule has 3 rings (SSSR count). The lowest BCUT2D eigenvalue weighted by atomic mass is 9.98. The van der Waals surface area contributed by atoms with E-state index in [1.54, 1.807) is 17.4 Å². The molecule has 1 saturated heterocycles. The van der Waals surface area contributed by atoms with Crippen molar-refractivity contribution in [2.45, 2.75) is 32.7 Å². The average Bonchev–Trinajstić information content (AvgIpc) is 3.16.